The number of amides is 1. The van der Waals surface area contributed by atoms with Gasteiger partial charge in [-0.15, -0.1) is 0 Å². The van der Waals surface area contributed by atoms with E-state index in [0.717, 1.165) is 16.7 Å². The van der Waals surface area contributed by atoms with Crippen LogP contribution in [-0.2, 0) is 15.0 Å². The minimum Gasteiger partial charge on any atom is -0.493 e. The number of rotatable bonds is 5. The summed E-state index contributed by atoms with van der Waals surface area (Å²) >= 11 is 0. The van der Waals surface area contributed by atoms with Crippen LogP contribution in [0.2, 0.25) is 0 Å². The second kappa shape index (κ2) is 8.94. The summed E-state index contributed by atoms with van der Waals surface area (Å²) in [5.74, 6) is -1.16. The van der Waals surface area contributed by atoms with Crippen molar-refractivity contribution in [2.45, 2.75) is 45.2 Å². The van der Waals surface area contributed by atoms with Gasteiger partial charge in [-0.25, -0.2) is 0 Å². The van der Waals surface area contributed by atoms with Gasteiger partial charge in [0.25, 0.3) is 0 Å². The van der Waals surface area contributed by atoms with Crippen molar-refractivity contribution in [1.29, 1.82) is 0 Å². The minimum absolute atomic E-state index is 0.0853. The van der Waals surface area contributed by atoms with E-state index in [2.05, 4.69) is 5.32 Å². The number of ketones is 2. The molecule has 6 heteroatoms. The molecule has 1 N–H and O–H groups in total. The summed E-state index contributed by atoms with van der Waals surface area (Å²) in [6, 6.07) is 21.2. The van der Waals surface area contributed by atoms with Gasteiger partial charge in [-0.05, 0) is 47.9 Å². The molecule has 0 aliphatic carbocycles. The quantitative estimate of drug-likeness (QED) is 0.431. The second-order valence-electron chi connectivity index (χ2n) is 11.5. The molecule has 1 saturated heterocycles. The zero-order valence-corrected chi connectivity index (χ0v) is 22.6. The van der Waals surface area contributed by atoms with Gasteiger partial charge in [0.1, 0.15) is 11.2 Å². The summed E-state index contributed by atoms with van der Waals surface area (Å²) in [6.07, 6.45) is 3.88. The van der Waals surface area contributed by atoms with E-state index in [1.165, 1.54) is 0 Å². The summed E-state index contributed by atoms with van der Waals surface area (Å²) in [5.41, 5.74) is 1.61. The first kappa shape index (κ1) is 25.1. The molecule has 3 aliphatic heterocycles. The Morgan fingerprint density at radius 3 is 2.44 bits per heavy atom. The minimum atomic E-state index is -1.33. The summed E-state index contributed by atoms with van der Waals surface area (Å²) in [5, 5.41) is 3.08. The SMILES string of the molecule is CCOc1ccccc1C(=O)C1C(C(=O)C(C)(C)C)N2C=Cc3ccccc3C2C12C(=O)Nc1ccccc12. The highest BCUT2D eigenvalue weighted by Gasteiger charge is 2.71. The van der Waals surface area contributed by atoms with E-state index in [0.29, 0.717) is 23.6 Å². The van der Waals surface area contributed by atoms with Crippen molar-refractivity contribution in [3.8, 4) is 5.75 Å². The predicted molar refractivity (Wildman–Crippen MR) is 150 cm³/mol. The van der Waals surface area contributed by atoms with Crippen LogP contribution in [0.15, 0.2) is 79.0 Å². The van der Waals surface area contributed by atoms with Crippen LogP contribution in [-0.4, -0.2) is 35.0 Å². The van der Waals surface area contributed by atoms with Crippen molar-refractivity contribution >= 4 is 29.2 Å². The molecule has 0 radical (unpaired) electrons. The van der Waals surface area contributed by atoms with Crippen LogP contribution in [0.1, 0.15) is 60.8 Å². The van der Waals surface area contributed by atoms with Gasteiger partial charge in [-0.2, -0.15) is 0 Å². The molecule has 1 amide bonds. The van der Waals surface area contributed by atoms with Crippen molar-refractivity contribution in [1.82, 2.24) is 4.90 Å². The molecule has 0 bridgehead atoms. The first-order valence-corrected chi connectivity index (χ1v) is 13.5. The average Bonchev–Trinajstić information content (AvgIpc) is 3.40. The lowest BCUT2D eigenvalue weighted by Gasteiger charge is -2.38. The molecule has 0 aromatic heterocycles. The third-order valence-electron chi connectivity index (χ3n) is 8.31. The number of anilines is 1. The summed E-state index contributed by atoms with van der Waals surface area (Å²) in [6.45, 7) is 7.87. The zero-order chi connectivity index (χ0) is 27.5. The van der Waals surface area contributed by atoms with Crippen LogP contribution in [0.4, 0.5) is 5.69 Å². The van der Waals surface area contributed by atoms with Gasteiger partial charge >= 0.3 is 0 Å². The average molecular weight is 521 g/mol. The van der Waals surface area contributed by atoms with E-state index < -0.39 is 28.8 Å². The molecule has 3 aliphatic rings. The van der Waals surface area contributed by atoms with Crippen LogP contribution in [0.3, 0.4) is 0 Å². The number of para-hydroxylation sites is 2. The smallest absolute Gasteiger partial charge is 0.238 e. The fraction of sp³-hybridized carbons (Fsp3) is 0.303. The number of ether oxygens (including phenoxy) is 1. The zero-order valence-electron chi connectivity index (χ0n) is 22.6. The van der Waals surface area contributed by atoms with Gasteiger partial charge in [0.15, 0.2) is 11.6 Å². The van der Waals surface area contributed by atoms with E-state index in [-0.39, 0.29) is 17.5 Å². The number of nitrogens with zero attached hydrogens (tertiary/aromatic N) is 1. The maximum atomic E-state index is 14.9. The number of benzene rings is 3. The maximum absolute atomic E-state index is 14.9. The lowest BCUT2D eigenvalue weighted by atomic mass is 9.62. The van der Waals surface area contributed by atoms with Gasteiger partial charge in [0.05, 0.1) is 30.2 Å². The molecule has 6 nitrogen and oxygen atoms in total. The Labute approximate surface area is 228 Å². The van der Waals surface area contributed by atoms with Crippen LogP contribution in [0, 0.1) is 11.3 Å². The number of Topliss-reactive ketones (excluding diaryl/α,β-unsaturated/α-hetero) is 2. The summed E-state index contributed by atoms with van der Waals surface area (Å²) < 4.78 is 5.87. The molecule has 3 aromatic carbocycles. The molecular formula is C33H32N2O4. The number of nitrogens with one attached hydrogen (secondary N) is 1. The van der Waals surface area contributed by atoms with Crippen molar-refractivity contribution < 1.29 is 19.1 Å². The van der Waals surface area contributed by atoms with E-state index in [1.54, 1.807) is 18.2 Å². The summed E-state index contributed by atoms with van der Waals surface area (Å²) in [4.78, 5) is 45.7. The molecule has 4 atom stereocenters. The highest BCUT2D eigenvalue weighted by Crippen LogP contribution is 2.62. The molecule has 1 fully saturated rings. The first-order chi connectivity index (χ1) is 18.7. The Kier molecular flexibility index (Phi) is 5.75. The van der Waals surface area contributed by atoms with Gasteiger partial charge < -0.3 is 15.0 Å². The van der Waals surface area contributed by atoms with Gasteiger partial charge in [0, 0.05) is 17.3 Å². The van der Waals surface area contributed by atoms with E-state index in [1.807, 2.05) is 99.5 Å². The molecule has 3 heterocycles. The molecule has 6 rings (SSSR count). The van der Waals surface area contributed by atoms with E-state index in [9.17, 15) is 14.4 Å². The normalized spacial score (nSPS) is 24.7. The fourth-order valence-corrected chi connectivity index (χ4v) is 6.73. The molecule has 0 saturated carbocycles. The number of fused-ring (bicyclic) bond motifs is 6. The number of carbonyl (C=O) groups is 3. The molecule has 3 aromatic rings. The van der Waals surface area contributed by atoms with Gasteiger partial charge in [0.2, 0.25) is 5.91 Å². The van der Waals surface area contributed by atoms with Crippen LogP contribution in [0.5, 0.6) is 5.75 Å². The Morgan fingerprint density at radius 2 is 1.67 bits per heavy atom. The monoisotopic (exact) mass is 520 g/mol. The Morgan fingerprint density at radius 1 is 0.974 bits per heavy atom. The number of hydrogen-bond donors (Lipinski definition) is 1. The van der Waals surface area contributed by atoms with Crippen LogP contribution < -0.4 is 10.1 Å². The number of carbonyl (C=O) groups excluding carboxylic acids is 3. The largest absolute Gasteiger partial charge is 0.493 e. The standard InChI is InChI=1S/C33H32N2O4/c1-5-39-25-17-11-8-14-22(25)28(36)26-27(30(37)32(2,3)4)35-19-18-20-12-6-7-13-21(20)29(35)33(26)23-15-9-10-16-24(23)34-31(33)38/h6-19,26-27,29H,5H2,1-4H3,(H,34,38). The lowest BCUT2D eigenvalue weighted by Crippen LogP contribution is -2.50. The Balaban J connectivity index is 1.69. The molecule has 4 unspecified atom stereocenters. The molecule has 1 spiro atoms. The Hall–Kier alpha value is -4.19. The third kappa shape index (κ3) is 3.50. The second-order valence-corrected chi connectivity index (χ2v) is 11.5. The van der Waals surface area contributed by atoms with Gasteiger partial charge in [-0.1, -0.05) is 75.4 Å². The van der Waals surface area contributed by atoms with Crippen LogP contribution >= 0.6 is 0 Å². The van der Waals surface area contributed by atoms with Crippen molar-refractivity contribution in [3.63, 3.8) is 0 Å². The van der Waals surface area contributed by atoms with E-state index in [4.69, 9.17) is 4.74 Å². The predicted octanol–water partition coefficient (Wildman–Crippen LogP) is 5.80. The molecule has 39 heavy (non-hydrogen) atoms. The topological polar surface area (TPSA) is 75.7 Å². The Bertz CT molecular complexity index is 1530. The highest BCUT2D eigenvalue weighted by atomic mass is 16.5. The molecule has 198 valence electrons. The van der Waals surface area contributed by atoms with Crippen LogP contribution in [0.25, 0.3) is 6.08 Å². The molecular weight excluding hydrogens is 488 g/mol. The van der Waals surface area contributed by atoms with Gasteiger partial charge in [-0.3, -0.25) is 14.4 Å². The number of hydrogen-bond acceptors (Lipinski definition) is 5. The maximum Gasteiger partial charge on any atom is 0.238 e. The van der Waals surface area contributed by atoms with E-state index >= 15 is 0 Å². The third-order valence-corrected chi connectivity index (χ3v) is 8.31. The first-order valence-electron chi connectivity index (χ1n) is 13.5. The lowest BCUT2D eigenvalue weighted by molar-refractivity contribution is -0.131. The fourth-order valence-electron chi connectivity index (χ4n) is 6.73. The van der Waals surface area contributed by atoms with Crippen molar-refractivity contribution in [2.24, 2.45) is 11.3 Å². The van der Waals surface area contributed by atoms with Crippen molar-refractivity contribution in [2.75, 3.05) is 11.9 Å². The van der Waals surface area contributed by atoms with Crippen molar-refractivity contribution in [3.05, 3.63) is 101 Å². The summed E-state index contributed by atoms with van der Waals surface area (Å²) in [7, 11) is 0. The highest BCUT2D eigenvalue weighted by molar-refractivity contribution is 6.16.